The zero-order valence-corrected chi connectivity index (χ0v) is 7.34. The highest BCUT2D eigenvalue weighted by Gasteiger charge is 2.10. The Kier molecular flexibility index (Phi) is 2.87. The van der Waals surface area contributed by atoms with Gasteiger partial charge in [-0.1, -0.05) is 42.7 Å². The van der Waals surface area contributed by atoms with Gasteiger partial charge >= 0.3 is 0 Å². The molecule has 2 nitrogen and oxygen atoms in total. The zero-order valence-electron chi connectivity index (χ0n) is 5.70. The minimum atomic E-state index is 0.291. The van der Waals surface area contributed by atoms with Crippen molar-refractivity contribution in [2.24, 2.45) is 0 Å². The van der Waals surface area contributed by atoms with E-state index in [0.717, 1.165) is 16.9 Å². The van der Waals surface area contributed by atoms with E-state index in [0.29, 0.717) is 4.99 Å². The molecule has 1 aliphatic rings. The van der Waals surface area contributed by atoms with Crippen LogP contribution in [0.25, 0.3) is 0 Å². The third-order valence-electron chi connectivity index (χ3n) is 1.35. The molecular formula is C7H7NOS2. The van der Waals surface area contributed by atoms with Gasteiger partial charge in [0.2, 0.25) is 0 Å². The molecule has 0 saturated heterocycles. The van der Waals surface area contributed by atoms with E-state index in [1.807, 2.05) is 17.6 Å². The van der Waals surface area contributed by atoms with Gasteiger partial charge in [-0.3, -0.25) is 10.7 Å². The molecule has 11 heavy (non-hydrogen) atoms. The quantitative estimate of drug-likeness (QED) is 0.479. The molecule has 0 aromatic carbocycles. The number of hydroxylamine groups is 1. The topological polar surface area (TPSA) is 32.3 Å². The summed E-state index contributed by atoms with van der Waals surface area (Å²) in [6.07, 6.45) is 6.33. The summed E-state index contributed by atoms with van der Waals surface area (Å²) in [5, 5.41) is 8.49. The second kappa shape index (κ2) is 3.71. The first-order chi connectivity index (χ1) is 5.25. The molecule has 0 fully saturated rings. The Hall–Kier alpha value is -0.580. The molecule has 2 N–H and O–H groups in total. The third-order valence-corrected chi connectivity index (χ3v) is 2.05. The Balaban J connectivity index is 2.84. The Labute approximate surface area is 75.6 Å². The minimum absolute atomic E-state index is 0.291. The van der Waals surface area contributed by atoms with E-state index in [9.17, 15) is 0 Å². The summed E-state index contributed by atoms with van der Waals surface area (Å²) in [4.78, 5) is 1.05. The lowest BCUT2D eigenvalue weighted by Crippen LogP contribution is -2.23. The van der Waals surface area contributed by atoms with Crippen molar-refractivity contribution in [3.8, 4) is 0 Å². The number of nitrogens with one attached hydrogen (secondary N) is 1. The average molecular weight is 185 g/mol. The molecule has 0 atom stereocenters. The van der Waals surface area contributed by atoms with Crippen molar-refractivity contribution in [1.82, 2.24) is 5.48 Å². The van der Waals surface area contributed by atoms with E-state index in [4.69, 9.17) is 29.6 Å². The summed E-state index contributed by atoms with van der Waals surface area (Å²) in [7, 11) is 0. The molecule has 58 valence electrons. The van der Waals surface area contributed by atoms with E-state index >= 15 is 0 Å². The van der Waals surface area contributed by atoms with Crippen molar-refractivity contribution < 1.29 is 5.21 Å². The van der Waals surface area contributed by atoms with Crippen LogP contribution in [0.1, 0.15) is 6.42 Å². The van der Waals surface area contributed by atoms with Crippen LogP contribution in [0.5, 0.6) is 0 Å². The Morgan fingerprint density at radius 1 is 1.64 bits per heavy atom. The van der Waals surface area contributed by atoms with Crippen molar-refractivity contribution in [3.05, 3.63) is 23.8 Å². The van der Waals surface area contributed by atoms with Gasteiger partial charge in [0.25, 0.3) is 0 Å². The molecule has 4 heteroatoms. The monoisotopic (exact) mass is 185 g/mol. The van der Waals surface area contributed by atoms with Gasteiger partial charge in [0.1, 0.15) is 4.99 Å². The molecule has 0 aromatic rings. The van der Waals surface area contributed by atoms with Gasteiger partial charge < -0.3 is 0 Å². The van der Waals surface area contributed by atoms with Crippen LogP contribution >= 0.6 is 24.4 Å². The first-order valence-electron chi connectivity index (χ1n) is 3.10. The number of rotatable bonds is 1. The maximum atomic E-state index is 8.49. The Morgan fingerprint density at radius 3 is 2.91 bits per heavy atom. The number of thiocarbonyl (C=S) groups is 2. The first-order valence-corrected chi connectivity index (χ1v) is 3.92. The summed E-state index contributed by atoms with van der Waals surface area (Å²) >= 11 is 9.81. The van der Waals surface area contributed by atoms with Crippen molar-refractivity contribution in [2.45, 2.75) is 6.42 Å². The van der Waals surface area contributed by atoms with Gasteiger partial charge in [0.15, 0.2) is 0 Å². The molecule has 0 heterocycles. The van der Waals surface area contributed by atoms with Crippen LogP contribution in [0.3, 0.4) is 0 Å². The lowest BCUT2D eigenvalue weighted by atomic mass is 10.1. The lowest BCUT2D eigenvalue weighted by molar-refractivity contribution is 0.238. The van der Waals surface area contributed by atoms with Crippen LogP contribution in [-0.4, -0.2) is 15.1 Å². The highest BCUT2D eigenvalue weighted by atomic mass is 32.1. The second-order valence-electron chi connectivity index (χ2n) is 2.08. The fraction of sp³-hybridized carbons (Fsp3) is 0.143. The predicted molar refractivity (Wildman–Crippen MR) is 52.0 cm³/mol. The maximum absolute atomic E-state index is 8.49. The Morgan fingerprint density at radius 2 is 2.36 bits per heavy atom. The summed E-state index contributed by atoms with van der Waals surface area (Å²) in [5.74, 6) is 0. The fourth-order valence-electron chi connectivity index (χ4n) is 0.805. The van der Waals surface area contributed by atoms with Crippen molar-refractivity contribution in [1.29, 1.82) is 0 Å². The van der Waals surface area contributed by atoms with E-state index in [-0.39, 0.29) is 0 Å². The molecule has 0 aliphatic heterocycles. The largest absolute Gasteiger partial charge is 0.290 e. The molecule has 0 bridgehead atoms. The number of hydrogen-bond acceptors (Lipinski definition) is 3. The van der Waals surface area contributed by atoms with Gasteiger partial charge in [0, 0.05) is 16.9 Å². The van der Waals surface area contributed by atoms with Crippen molar-refractivity contribution >= 4 is 34.3 Å². The van der Waals surface area contributed by atoms with Crippen molar-refractivity contribution in [2.75, 3.05) is 0 Å². The molecule has 0 amide bonds. The standard InChI is InChI=1S/C7H7NOS2/c9-8-7(11)5-3-1-2-4-6(5)10/h1-3,9H,4H2,(H,8,11). The molecular weight excluding hydrogens is 178 g/mol. The maximum Gasteiger partial charge on any atom is 0.131 e. The van der Waals surface area contributed by atoms with Crippen LogP contribution in [0, 0.1) is 0 Å². The average Bonchev–Trinajstić information content (AvgIpc) is 2.04. The summed E-state index contributed by atoms with van der Waals surface area (Å²) in [6.45, 7) is 0. The molecule has 0 spiro atoms. The minimum Gasteiger partial charge on any atom is -0.290 e. The Bertz CT molecular complexity index is 255. The summed E-state index contributed by atoms with van der Waals surface area (Å²) < 4.78 is 0. The van der Waals surface area contributed by atoms with Crippen molar-refractivity contribution in [3.63, 3.8) is 0 Å². The summed E-state index contributed by atoms with van der Waals surface area (Å²) in [5.41, 5.74) is 2.64. The molecule has 0 aromatic heterocycles. The molecule has 0 unspecified atom stereocenters. The molecule has 0 radical (unpaired) electrons. The van der Waals surface area contributed by atoms with E-state index in [1.165, 1.54) is 0 Å². The normalized spacial score (nSPS) is 16.1. The van der Waals surface area contributed by atoms with Gasteiger partial charge in [0.05, 0.1) is 0 Å². The van der Waals surface area contributed by atoms with E-state index in [2.05, 4.69) is 0 Å². The first kappa shape index (κ1) is 8.52. The second-order valence-corrected chi connectivity index (χ2v) is 2.98. The molecule has 1 rings (SSSR count). The van der Waals surface area contributed by atoms with Crippen LogP contribution in [0.2, 0.25) is 0 Å². The molecule has 1 aliphatic carbocycles. The van der Waals surface area contributed by atoms with Gasteiger partial charge in [-0.15, -0.1) is 0 Å². The van der Waals surface area contributed by atoms with Crippen LogP contribution in [-0.2, 0) is 0 Å². The van der Waals surface area contributed by atoms with Gasteiger partial charge in [-0.25, -0.2) is 0 Å². The zero-order chi connectivity index (χ0) is 8.27. The third kappa shape index (κ3) is 1.92. The summed E-state index contributed by atoms with van der Waals surface area (Å²) in [6, 6.07) is 0. The van der Waals surface area contributed by atoms with Gasteiger partial charge in [-0.2, -0.15) is 0 Å². The highest BCUT2D eigenvalue weighted by molar-refractivity contribution is 7.83. The number of hydrogen-bond donors (Lipinski definition) is 2. The van der Waals surface area contributed by atoms with Crippen LogP contribution in [0.4, 0.5) is 0 Å². The smallest absolute Gasteiger partial charge is 0.131 e. The van der Waals surface area contributed by atoms with E-state index < -0.39 is 0 Å². The SMILES string of the molecule is ONC(=S)C1=CC=CCC1=S. The van der Waals surface area contributed by atoms with Crippen LogP contribution < -0.4 is 5.48 Å². The van der Waals surface area contributed by atoms with Crippen LogP contribution in [0.15, 0.2) is 23.8 Å². The lowest BCUT2D eigenvalue weighted by Gasteiger charge is -2.09. The number of allylic oxidation sites excluding steroid dienone is 3. The molecule has 0 saturated carbocycles. The predicted octanol–water partition coefficient (Wildman–Crippen LogP) is 1.55. The highest BCUT2D eigenvalue weighted by Crippen LogP contribution is 2.10. The van der Waals surface area contributed by atoms with E-state index in [1.54, 1.807) is 6.08 Å². The van der Waals surface area contributed by atoms with Gasteiger partial charge in [-0.05, 0) is 0 Å². The fourth-order valence-corrected chi connectivity index (χ4v) is 1.33.